The molecule has 1 fully saturated rings. The standard InChI is InChI=1S/C24H32N2O4S/c1-4-31(28,29)26-16-14-24(15-17-26,21-11-6-5-7-12-21)23(27)25(3)18-19-30-22-13-9-8-10-20(22)2/h5-13H,4,14-19H2,1-3H3. The quantitative estimate of drug-likeness (QED) is 0.627. The third-order valence-corrected chi connectivity index (χ3v) is 8.08. The van der Waals surface area contributed by atoms with Gasteiger partial charge >= 0.3 is 0 Å². The van der Waals surface area contributed by atoms with Gasteiger partial charge in [0.15, 0.2) is 0 Å². The second kappa shape index (κ2) is 9.83. The van der Waals surface area contributed by atoms with Crippen molar-refractivity contribution < 1.29 is 17.9 Å². The maximum absolute atomic E-state index is 13.7. The second-order valence-electron chi connectivity index (χ2n) is 8.09. The van der Waals surface area contributed by atoms with Gasteiger partial charge in [0.25, 0.3) is 0 Å². The minimum absolute atomic E-state index is 0.0145. The van der Waals surface area contributed by atoms with Gasteiger partial charge in [0.2, 0.25) is 15.9 Å². The molecular formula is C24H32N2O4S. The molecule has 1 aliphatic heterocycles. The Morgan fingerprint density at radius 3 is 2.29 bits per heavy atom. The Labute approximate surface area is 185 Å². The van der Waals surface area contributed by atoms with Crippen LogP contribution >= 0.6 is 0 Å². The van der Waals surface area contributed by atoms with Crippen LogP contribution in [0.3, 0.4) is 0 Å². The van der Waals surface area contributed by atoms with E-state index in [4.69, 9.17) is 4.74 Å². The van der Waals surface area contributed by atoms with Crippen LogP contribution in [0.5, 0.6) is 5.75 Å². The first kappa shape index (κ1) is 23.3. The summed E-state index contributed by atoms with van der Waals surface area (Å²) < 4.78 is 32.0. The van der Waals surface area contributed by atoms with Crippen LogP contribution in [0.1, 0.15) is 30.9 Å². The number of aryl methyl sites for hydroxylation is 1. The fourth-order valence-corrected chi connectivity index (χ4v) is 5.29. The number of para-hydroxylation sites is 1. The number of likely N-dealkylation sites (N-methyl/N-ethyl adjacent to an activating group) is 1. The number of hydrogen-bond donors (Lipinski definition) is 0. The van der Waals surface area contributed by atoms with Crippen molar-refractivity contribution in [2.24, 2.45) is 0 Å². The largest absolute Gasteiger partial charge is 0.491 e. The summed E-state index contributed by atoms with van der Waals surface area (Å²) in [5, 5.41) is 0. The summed E-state index contributed by atoms with van der Waals surface area (Å²) in [6.07, 6.45) is 0.941. The van der Waals surface area contributed by atoms with Crippen LogP contribution in [0.4, 0.5) is 0 Å². The number of nitrogens with zero attached hydrogens (tertiary/aromatic N) is 2. The van der Waals surface area contributed by atoms with Crippen molar-refractivity contribution in [3.8, 4) is 5.75 Å². The normalized spacial score (nSPS) is 16.6. The molecule has 1 saturated heterocycles. The molecule has 0 saturated carbocycles. The molecule has 0 radical (unpaired) electrons. The molecule has 31 heavy (non-hydrogen) atoms. The number of benzene rings is 2. The average molecular weight is 445 g/mol. The third-order valence-electron chi connectivity index (χ3n) is 6.19. The van der Waals surface area contributed by atoms with Gasteiger partial charge in [-0.25, -0.2) is 12.7 Å². The number of hydrogen-bond acceptors (Lipinski definition) is 4. The highest BCUT2D eigenvalue weighted by atomic mass is 32.2. The molecule has 1 aliphatic rings. The number of sulfonamides is 1. The summed E-state index contributed by atoms with van der Waals surface area (Å²) in [6.45, 7) is 5.20. The predicted molar refractivity (Wildman–Crippen MR) is 123 cm³/mol. The number of rotatable bonds is 8. The molecule has 0 spiro atoms. The number of carbonyl (C=O) groups is 1. The molecule has 0 aromatic heterocycles. The van der Waals surface area contributed by atoms with Gasteiger partial charge in [0.1, 0.15) is 12.4 Å². The van der Waals surface area contributed by atoms with Gasteiger partial charge < -0.3 is 9.64 Å². The van der Waals surface area contributed by atoms with Crippen molar-refractivity contribution in [1.82, 2.24) is 9.21 Å². The highest BCUT2D eigenvalue weighted by Crippen LogP contribution is 2.38. The Morgan fingerprint density at radius 1 is 1.06 bits per heavy atom. The van der Waals surface area contributed by atoms with Gasteiger partial charge in [-0.1, -0.05) is 48.5 Å². The first-order valence-corrected chi connectivity index (χ1v) is 12.4. The van der Waals surface area contributed by atoms with Crippen LogP contribution in [0, 0.1) is 6.92 Å². The van der Waals surface area contributed by atoms with Gasteiger partial charge in [-0.2, -0.15) is 0 Å². The highest BCUT2D eigenvalue weighted by molar-refractivity contribution is 7.89. The van der Waals surface area contributed by atoms with E-state index in [9.17, 15) is 13.2 Å². The van der Waals surface area contributed by atoms with Gasteiger partial charge in [0, 0.05) is 20.1 Å². The van der Waals surface area contributed by atoms with E-state index in [1.807, 2.05) is 61.5 Å². The zero-order chi connectivity index (χ0) is 22.5. The van der Waals surface area contributed by atoms with Crippen LogP contribution in [0.2, 0.25) is 0 Å². The SMILES string of the molecule is CCS(=O)(=O)N1CCC(C(=O)N(C)CCOc2ccccc2C)(c2ccccc2)CC1. The van der Waals surface area contributed by atoms with Crippen molar-refractivity contribution in [2.75, 3.05) is 39.0 Å². The van der Waals surface area contributed by atoms with E-state index in [-0.39, 0.29) is 11.7 Å². The van der Waals surface area contributed by atoms with E-state index in [0.717, 1.165) is 16.9 Å². The lowest BCUT2D eigenvalue weighted by Crippen LogP contribution is -2.53. The molecule has 0 unspecified atom stereocenters. The number of amides is 1. The lowest BCUT2D eigenvalue weighted by Gasteiger charge is -2.42. The van der Waals surface area contributed by atoms with E-state index >= 15 is 0 Å². The maximum atomic E-state index is 13.7. The zero-order valence-corrected chi connectivity index (χ0v) is 19.4. The molecular weight excluding hydrogens is 412 g/mol. The maximum Gasteiger partial charge on any atom is 0.233 e. The zero-order valence-electron chi connectivity index (χ0n) is 18.6. The summed E-state index contributed by atoms with van der Waals surface area (Å²) in [7, 11) is -1.47. The molecule has 0 aliphatic carbocycles. The first-order valence-electron chi connectivity index (χ1n) is 10.8. The Kier molecular flexibility index (Phi) is 7.38. The van der Waals surface area contributed by atoms with E-state index in [0.29, 0.717) is 39.1 Å². The topological polar surface area (TPSA) is 66.9 Å². The molecule has 3 rings (SSSR count). The third kappa shape index (κ3) is 5.10. The minimum atomic E-state index is -3.26. The molecule has 2 aromatic rings. The van der Waals surface area contributed by atoms with E-state index < -0.39 is 15.4 Å². The summed E-state index contributed by atoms with van der Waals surface area (Å²) in [4.78, 5) is 15.4. The number of ether oxygens (including phenoxy) is 1. The monoisotopic (exact) mass is 444 g/mol. The molecule has 0 bridgehead atoms. The summed E-state index contributed by atoms with van der Waals surface area (Å²) in [5.41, 5.74) is 1.28. The van der Waals surface area contributed by atoms with Gasteiger partial charge in [-0.3, -0.25) is 4.79 Å². The van der Waals surface area contributed by atoms with Crippen molar-refractivity contribution in [2.45, 2.75) is 32.1 Å². The first-order chi connectivity index (χ1) is 14.8. The molecule has 7 heteroatoms. The molecule has 1 amide bonds. The average Bonchev–Trinajstić information content (AvgIpc) is 2.80. The van der Waals surface area contributed by atoms with Gasteiger partial charge in [-0.15, -0.1) is 0 Å². The predicted octanol–water partition coefficient (Wildman–Crippen LogP) is 3.22. The number of piperidine rings is 1. The lowest BCUT2D eigenvalue weighted by molar-refractivity contribution is -0.138. The second-order valence-corrected chi connectivity index (χ2v) is 10.3. The molecule has 6 nitrogen and oxygen atoms in total. The number of carbonyl (C=O) groups excluding carboxylic acids is 1. The Bertz CT molecular complexity index is 984. The fraction of sp³-hybridized carbons (Fsp3) is 0.458. The van der Waals surface area contributed by atoms with Gasteiger partial charge in [0.05, 0.1) is 17.7 Å². The van der Waals surface area contributed by atoms with Crippen LogP contribution in [-0.2, 0) is 20.2 Å². The van der Waals surface area contributed by atoms with E-state index in [2.05, 4.69) is 0 Å². The van der Waals surface area contributed by atoms with Crippen molar-refractivity contribution in [3.63, 3.8) is 0 Å². The Balaban J connectivity index is 1.74. The summed E-state index contributed by atoms with van der Waals surface area (Å²) >= 11 is 0. The van der Waals surface area contributed by atoms with Crippen molar-refractivity contribution in [1.29, 1.82) is 0 Å². The minimum Gasteiger partial charge on any atom is -0.491 e. The Morgan fingerprint density at radius 2 is 1.68 bits per heavy atom. The summed E-state index contributed by atoms with van der Waals surface area (Å²) in [6, 6.07) is 17.5. The summed E-state index contributed by atoms with van der Waals surface area (Å²) in [5.74, 6) is 0.912. The van der Waals surface area contributed by atoms with Crippen molar-refractivity contribution in [3.05, 3.63) is 65.7 Å². The Hall–Kier alpha value is -2.38. The molecule has 1 heterocycles. The lowest BCUT2D eigenvalue weighted by atomic mass is 9.72. The molecule has 0 atom stereocenters. The van der Waals surface area contributed by atoms with Crippen LogP contribution in [0.25, 0.3) is 0 Å². The molecule has 0 N–H and O–H groups in total. The van der Waals surface area contributed by atoms with Crippen molar-refractivity contribution >= 4 is 15.9 Å². The fourth-order valence-electron chi connectivity index (χ4n) is 4.19. The van der Waals surface area contributed by atoms with Crippen LogP contribution in [0.15, 0.2) is 54.6 Å². The van der Waals surface area contributed by atoms with Crippen LogP contribution < -0.4 is 4.74 Å². The van der Waals surface area contributed by atoms with Crippen LogP contribution in [-0.4, -0.2) is 62.6 Å². The smallest absolute Gasteiger partial charge is 0.233 e. The van der Waals surface area contributed by atoms with E-state index in [1.54, 1.807) is 18.9 Å². The molecule has 168 valence electrons. The molecule has 2 aromatic carbocycles. The van der Waals surface area contributed by atoms with E-state index in [1.165, 1.54) is 4.31 Å². The highest BCUT2D eigenvalue weighted by Gasteiger charge is 2.45. The van der Waals surface area contributed by atoms with Gasteiger partial charge in [-0.05, 0) is 43.9 Å².